The van der Waals surface area contributed by atoms with Gasteiger partial charge in [0.15, 0.2) is 0 Å². The van der Waals surface area contributed by atoms with Crippen molar-refractivity contribution in [2.75, 3.05) is 0 Å². The van der Waals surface area contributed by atoms with Crippen molar-refractivity contribution in [3.05, 3.63) is 112 Å². The van der Waals surface area contributed by atoms with E-state index in [4.69, 9.17) is 11.6 Å². The minimum atomic E-state index is -5.59. The molecule has 0 aliphatic heterocycles. The van der Waals surface area contributed by atoms with Crippen LogP contribution in [0.5, 0.6) is 0 Å². The molecule has 2 aromatic carbocycles. The van der Waals surface area contributed by atoms with Gasteiger partial charge >= 0.3 is 12.4 Å². The Balaban J connectivity index is 2.33. The van der Waals surface area contributed by atoms with Gasteiger partial charge in [-0.3, -0.25) is 9.78 Å². The zero-order valence-corrected chi connectivity index (χ0v) is 19.6. The van der Waals surface area contributed by atoms with Crippen molar-refractivity contribution in [1.82, 2.24) is 10.3 Å². The van der Waals surface area contributed by atoms with E-state index in [1.807, 2.05) is 0 Å². The molecule has 1 atom stereocenters. The third-order valence-corrected chi connectivity index (χ3v) is 5.60. The van der Waals surface area contributed by atoms with Gasteiger partial charge in [0.2, 0.25) is 5.91 Å². The molecule has 13 heteroatoms. The number of benzene rings is 2. The van der Waals surface area contributed by atoms with Gasteiger partial charge in [-0.15, -0.1) is 0 Å². The average molecular weight is 567 g/mol. The van der Waals surface area contributed by atoms with Crippen LogP contribution < -0.4 is 5.32 Å². The number of pyridine rings is 1. The SMILES string of the molecule is O=C(/C=C(\C(F)F)C(F)(F)F)N[C@@](Cc1ccccc1)(c1cc(F)cc(C(F)(F)F)c1)c1ccc(Cl)cn1. The van der Waals surface area contributed by atoms with E-state index in [0.29, 0.717) is 17.7 Å². The summed E-state index contributed by atoms with van der Waals surface area (Å²) in [6, 6.07) is 11.3. The highest BCUT2D eigenvalue weighted by Crippen LogP contribution is 2.38. The van der Waals surface area contributed by atoms with Crippen molar-refractivity contribution in [2.24, 2.45) is 0 Å². The molecule has 1 aromatic heterocycles. The number of nitrogens with one attached hydrogen (secondary N) is 1. The normalized spacial score (nSPS) is 14.3. The zero-order valence-electron chi connectivity index (χ0n) is 18.8. The lowest BCUT2D eigenvalue weighted by Crippen LogP contribution is -2.49. The number of amides is 1. The number of carbonyl (C=O) groups excluding carboxylic acids is 1. The minimum absolute atomic E-state index is 0.0564. The second-order valence-corrected chi connectivity index (χ2v) is 8.48. The third kappa shape index (κ3) is 6.85. The quantitative estimate of drug-likeness (QED) is 0.242. The summed E-state index contributed by atoms with van der Waals surface area (Å²) in [4.78, 5) is 16.8. The van der Waals surface area contributed by atoms with Crippen LogP contribution in [0.3, 0.4) is 0 Å². The molecule has 3 rings (SSSR count). The van der Waals surface area contributed by atoms with Crippen molar-refractivity contribution in [3.8, 4) is 0 Å². The van der Waals surface area contributed by atoms with Crippen LogP contribution in [0.15, 0.2) is 78.5 Å². The summed E-state index contributed by atoms with van der Waals surface area (Å²) in [5.41, 5.74) is -6.69. The Morgan fingerprint density at radius 3 is 2.11 bits per heavy atom. The first kappa shape index (κ1) is 29.0. The highest BCUT2D eigenvalue weighted by Gasteiger charge is 2.43. The summed E-state index contributed by atoms with van der Waals surface area (Å²) in [6.07, 6.45) is -14.5. The van der Waals surface area contributed by atoms with Gasteiger partial charge in [0, 0.05) is 18.7 Å². The smallest absolute Gasteiger partial charge is 0.337 e. The molecule has 0 spiro atoms. The number of nitrogens with zero attached hydrogens (tertiary/aromatic N) is 1. The predicted molar refractivity (Wildman–Crippen MR) is 120 cm³/mol. The van der Waals surface area contributed by atoms with E-state index in [9.17, 15) is 44.3 Å². The van der Waals surface area contributed by atoms with Gasteiger partial charge < -0.3 is 5.32 Å². The molecule has 0 unspecified atom stereocenters. The Hall–Kier alpha value is -3.54. The standard InChI is InChI=1S/C25H16ClF9N2O/c26-17-6-7-20(36-13-17)23(12-14-4-2-1-3-5-14,15-8-16(24(30,31)32)10-18(27)9-15)37-21(38)11-19(22(28)29)25(33,34)35/h1-11,13,22H,12H2,(H,37,38)/b19-11+/t23-/m0/s1. The van der Waals surface area contributed by atoms with Crippen LogP contribution in [0, 0.1) is 5.82 Å². The van der Waals surface area contributed by atoms with E-state index in [1.165, 1.54) is 30.3 Å². The lowest BCUT2D eigenvalue weighted by Gasteiger charge is -2.35. The second kappa shape index (κ2) is 11.1. The Morgan fingerprint density at radius 1 is 0.947 bits per heavy atom. The average Bonchev–Trinajstić information content (AvgIpc) is 2.81. The topological polar surface area (TPSA) is 42.0 Å². The van der Waals surface area contributed by atoms with E-state index in [1.54, 1.807) is 6.07 Å². The summed E-state index contributed by atoms with van der Waals surface area (Å²) < 4.78 is 121. The fourth-order valence-corrected chi connectivity index (χ4v) is 3.82. The minimum Gasteiger partial charge on any atom is -0.337 e. The number of hydrogen-bond donors (Lipinski definition) is 1. The van der Waals surface area contributed by atoms with Crippen LogP contribution in [-0.4, -0.2) is 23.5 Å². The van der Waals surface area contributed by atoms with Crippen LogP contribution >= 0.6 is 11.6 Å². The second-order valence-electron chi connectivity index (χ2n) is 8.04. The maximum Gasteiger partial charge on any atom is 0.418 e. The Bertz CT molecular complexity index is 1310. The van der Waals surface area contributed by atoms with Crippen molar-refractivity contribution in [1.29, 1.82) is 0 Å². The van der Waals surface area contributed by atoms with Gasteiger partial charge in [-0.2, -0.15) is 26.3 Å². The summed E-state index contributed by atoms with van der Waals surface area (Å²) in [7, 11) is 0. The lowest BCUT2D eigenvalue weighted by atomic mass is 9.79. The first-order valence-corrected chi connectivity index (χ1v) is 10.9. The number of alkyl halides is 8. The molecule has 0 saturated carbocycles. The fourth-order valence-electron chi connectivity index (χ4n) is 3.71. The third-order valence-electron chi connectivity index (χ3n) is 5.38. The van der Waals surface area contributed by atoms with Gasteiger partial charge in [0.05, 0.1) is 16.3 Å². The predicted octanol–water partition coefficient (Wildman–Crippen LogP) is 7.25. The van der Waals surface area contributed by atoms with Crippen LogP contribution in [0.4, 0.5) is 39.5 Å². The molecule has 1 N–H and O–H groups in total. The Morgan fingerprint density at radius 2 is 1.58 bits per heavy atom. The molecule has 0 bridgehead atoms. The van der Waals surface area contributed by atoms with Gasteiger partial charge in [-0.1, -0.05) is 41.9 Å². The van der Waals surface area contributed by atoms with E-state index in [0.717, 1.165) is 12.3 Å². The lowest BCUT2D eigenvalue weighted by molar-refractivity contribution is -0.137. The number of aromatic nitrogens is 1. The van der Waals surface area contributed by atoms with Crippen LogP contribution in [0.2, 0.25) is 5.02 Å². The molecule has 0 radical (unpaired) electrons. The number of hydrogen-bond acceptors (Lipinski definition) is 2. The Labute approximate surface area is 214 Å². The molecule has 3 nitrogen and oxygen atoms in total. The summed E-state index contributed by atoms with van der Waals surface area (Å²) in [5.74, 6) is -3.11. The zero-order chi connectivity index (χ0) is 28.3. The first-order chi connectivity index (χ1) is 17.6. The number of rotatable bonds is 7. The number of carbonyl (C=O) groups is 1. The largest absolute Gasteiger partial charge is 0.418 e. The molecule has 0 fully saturated rings. The van der Waals surface area contributed by atoms with Crippen LogP contribution in [-0.2, 0) is 22.9 Å². The molecular formula is C25H16ClF9N2O. The van der Waals surface area contributed by atoms with Crippen molar-refractivity contribution in [3.63, 3.8) is 0 Å². The molecule has 0 aliphatic carbocycles. The molecule has 0 aliphatic rings. The monoisotopic (exact) mass is 566 g/mol. The molecule has 0 saturated heterocycles. The Kier molecular flexibility index (Phi) is 8.45. The highest BCUT2D eigenvalue weighted by molar-refractivity contribution is 6.30. The van der Waals surface area contributed by atoms with Gasteiger partial charge in [0.1, 0.15) is 16.9 Å². The van der Waals surface area contributed by atoms with E-state index >= 15 is 0 Å². The fraction of sp³-hybridized carbons (Fsp3) is 0.200. The van der Waals surface area contributed by atoms with Crippen LogP contribution in [0.1, 0.15) is 22.4 Å². The van der Waals surface area contributed by atoms with Gasteiger partial charge in [-0.05, 0) is 41.5 Å². The summed E-state index contributed by atoms with van der Waals surface area (Å²) in [6.45, 7) is 0. The molecule has 202 valence electrons. The van der Waals surface area contributed by atoms with Crippen molar-refractivity contribution < 1.29 is 44.3 Å². The van der Waals surface area contributed by atoms with E-state index < -0.39 is 65.2 Å². The molecular weight excluding hydrogens is 551 g/mol. The number of allylic oxidation sites excluding steroid dienone is 1. The van der Waals surface area contributed by atoms with E-state index in [-0.39, 0.29) is 16.8 Å². The van der Waals surface area contributed by atoms with Crippen molar-refractivity contribution >= 4 is 17.5 Å². The molecule has 38 heavy (non-hydrogen) atoms. The molecule has 1 amide bonds. The molecule has 3 aromatic rings. The first-order valence-electron chi connectivity index (χ1n) is 10.5. The van der Waals surface area contributed by atoms with Crippen molar-refractivity contribution in [2.45, 2.75) is 30.7 Å². The maximum atomic E-state index is 14.5. The molecule has 1 heterocycles. The maximum absolute atomic E-state index is 14.5. The van der Waals surface area contributed by atoms with E-state index in [2.05, 4.69) is 10.3 Å². The van der Waals surface area contributed by atoms with Gasteiger partial charge in [0.25, 0.3) is 6.43 Å². The summed E-state index contributed by atoms with van der Waals surface area (Å²) in [5, 5.41) is 2.16. The highest BCUT2D eigenvalue weighted by atomic mass is 35.5. The summed E-state index contributed by atoms with van der Waals surface area (Å²) >= 11 is 5.86. The number of halogens is 10. The van der Waals surface area contributed by atoms with Gasteiger partial charge in [-0.25, -0.2) is 13.2 Å². The van der Waals surface area contributed by atoms with Crippen LogP contribution in [0.25, 0.3) is 0 Å².